The third-order valence-corrected chi connectivity index (χ3v) is 3.54. The first kappa shape index (κ1) is 24.4. The Kier molecular flexibility index (Phi) is 11.2. The Morgan fingerprint density at radius 1 is 1.31 bits per heavy atom. The summed E-state index contributed by atoms with van der Waals surface area (Å²) >= 11 is 0. The minimum atomic E-state index is -0.605. The van der Waals surface area contributed by atoms with Gasteiger partial charge < -0.3 is 20.7 Å². The number of rotatable bonds is 8. The number of aliphatic imine (C=N–C) groups is 1. The molecule has 6 nitrogen and oxygen atoms in total. The third kappa shape index (κ3) is 8.20. The molecule has 26 heavy (non-hydrogen) atoms. The SMILES string of the molecule is CCNC(=NCC(C)(C)C(=O)NC)NCC(C)Oc1ccccc1F.I. The van der Waals surface area contributed by atoms with E-state index >= 15 is 0 Å². The van der Waals surface area contributed by atoms with Crippen molar-refractivity contribution in [2.75, 3.05) is 26.7 Å². The second kappa shape index (κ2) is 11.9. The Morgan fingerprint density at radius 2 is 1.96 bits per heavy atom. The molecule has 1 unspecified atom stereocenters. The molecule has 1 amide bonds. The van der Waals surface area contributed by atoms with E-state index in [2.05, 4.69) is 20.9 Å². The van der Waals surface area contributed by atoms with E-state index in [1.54, 1.807) is 25.2 Å². The number of carbonyl (C=O) groups is 1. The highest BCUT2D eigenvalue weighted by Crippen LogP contribution is 2.17. The molecule has 1 rings (SSSR count). The molecular formula is C18H30FIN4O2. The van der Waals surface area contributed by atoms with Crippen molar-refractivity contribution in [1.82, 2.24) is 16.0 Å². The summed E-state index contributed by atoms with van der Waals surface area (Å²) in [6.45, 7) is 8.95. The molecule has 0 aliphatic rings. The molecule has 0 fully saturated rings. The van der Waals surface area contributed by atoms with Crippen LogP contribution in [0.15, 0.2) is 29.3 Å². The molecule has 0 radical (unpaired) electrons. The molecule has 0 spiro atoms. The fourth-order valence-electron chi connectivity index (χ4n) is 2.07. The van der Waals surface area contributed by atoms with Gasteiger partial charge in [-0.15, -0.1) is 24.0 Å². The first-order valence-electron chi connectivity index (χ1n) is 8.45. The topological polar surface area (TPSA) is 74.8 Å². The van der Waals surface area contributed by atoms with E-state index in [9.17, 15) is 9.18 Å². The van der Waals surface area contributed by atoms with E-state index in [-0.39, 0.29) is 47.6 Å². The molecule has 1 aromatic carbocycles. The summed E-state index contributed by atoms with van der Waals surface area (Å²) in [7, 11) is 1.61. The number of nitrogens with one attached hydrogen (secondary N) is 3. The summed E-state index contributed by atoms with van der Waals surface area (Å²) in [5, 5.41) is 8.91. The van der Waals surface area contributed by atoms with Crippen LogP contribution < -0.4 is 20.7 Å². The number of hydrogen-bond donors (Lipinski definition) is 3. The molecule has 0 heterocycles. The van der Waals surface area contributed by atoms with Crippen LogP contribution in [0.5, 0.6) is 5.75 Å². The zero-order valence-electron chi connectivity index (χ0n) is 16.1. The van der Waals surface area contributed by atoms with Crippen LogP contribution in [0, 0.1) is 11.2 Å². The molecule has 0 aliphatic carbocycles. The molecule has 8 heteroatoms. The van der Waals surface area contributed by atoms with Crippen molar-refractivity contribution in [1.29, 1.82) is 0 Å². The van der Waals surface area contributed by atoms with E-state index in [0.717, 1.165) is 0 Å². The lowest BCUT2D eigenvalue weighted by molar-refractivity contribution is -0.128. The number of amides is 1. The summed E-state index contributed by atoms with van der Waals surface area (Å²) < 4.78 is 19.2. The third-order valence-electron chi connectivity index (χ3n) is 3.54. The molecule has 1 aromatic rings. The van der Waals surface area contributed by atoms with Gasteiger partial charge >= 0.3 is 0 Å². The smallest absolute Gasteiger partial charge is 0.227 e. The van der Waals surface area contributed by atoms with Gasteiger partial charge in [0.25, 0.3) is 0 Å². The summed E-state index contributed by atoms with van der Waals surface area (Å²) in [5.74, 6) is 0.355. The molecule has 3 N–H and O–H groups in total. The Labute approximate surface area is 172 Å². The van der Waals surface area contributed by atoms with E-state index in [4.69, 9.17) is 4.74 Å². The number of para-hydroxylation sites is 1. The number of nitrogens with zero attached hydrogens (tertiary/aromatic N) is 1. The minimum absolute atomic E-state index is 0. The van der Waals surface area contributed by atoms with Crippen molar-refractivity contribution in [2.24, 2.45) is 10.4 Å². The summed E-state index contributed by atoms with van der Waals surface area (Å²) in [6.07, 6.45) is -0.257. The Balaban J connectivity index is 0.00000625. The summed E-state index contributed by atoms with van der Waals surface area (Å²) in [6, 6.07) is 6.30. The maximum atomic E-state index is 13.6. The van der Waals surface area contributed by atoms with Crippen LogP contribution in [0.2, 0.25) is 0 Å². The molecule has 0 aromatic heterocycles. The monoisotopic (exact) mass is 480 g/mol. The first-order valence-corrected chi connectivity index (χ1v) is 8.45. The highest BCUT2D eigenvalue weighted by Gasteiger charge is 2.26. The number of benzene rings is 1. The second-order valence-corrected chi connectivity index (χ2v) is 6.40. The van der Waals surface area contributed by atoms with Crippen molar-refractivity contribution in [3.8, 4) is 5.75 Å². The van der Waals surface area contributed by atoms with E-state index in [1.807, 2.05) is 27.7 Å². The second-order valence-electron chi connectivity index (χ2n) is 6.40. The maximum absolute atomic E-state index is 13.6. The average Bonchev–Trinajstić information content (AvgIpc) is 2.58. The van der Waals surface area contributed by atoms with Gasteiger partial charge in [0.05, 0.1) is 18.5 Å². The predicted molar refractivity (Wildman–Crippen MR) is 114 cm³/mol. The van der Waals surface area contributed by atoms with Crippen LogP contribution in [0.3, 0.4) is 0 Å². The zero-order valence-corrected chi connectivity index (χ0v) is 18.4. The van der Waals surface area contributed by atoms with Gasteiger partial charge in [-0.05, 0) is 39.8 Å². The van der Waals surface area contributed by atoms with Gasteiger partial charge in [0.2, 0.25) is 5.91 Å². The lowest BCUT2D eigenvalue weighted by Gasteiger charge is -2.22. The van der Waals surface area contributed by atoms with E-state index < -0.39 is 5.41 Å². The van der Waals surface area contributed by atoms with Gasteiger partial charge in [-0.1, -0.05) is 12.1 Å². The summed E-state index contributed by atoms with van der Waals surface area (Å²) in [4.78, 5) is 16.3. The maximum Gasteiger partial charge on any atom is 0.227 e. The zero-order chi connectivity index (χ0) is 18.9. The molecule has 0 saturated carbocycles. The van der Waals surface area contributed by atoms with Crippen LogP contribution in [-0.2, 0) is 4.79 Å². The highest BCUT2D eigenvalue weighted by molar-refractivity contribution is 14.0. The van der Waals surface area contributed by atoms with E-state index in [1.165, 1.54) is 6.07 Å². The van der Waals surface area contributed by atoms with Crippen LogP contribution in [0.25, 0.3) is 0 Å². The van der Waals surface area contributed by atoms with Crippen LogP contribution in [0.1, 0.15) is 27.7 Å². The molecule has 148 valence electrons. The Bertz CT molecular complexity index is 596. The van der Waals surface area contributed by atoms with Gasteiger partial charge in [0, 0.05) is 13.6 Å². The Morgan fingerprint density at radius 3 is 2.54 bits per heavy atom. The van der Waals surface area contributed by atoms with E-state index in [0.29, 0.717) is 25.6 Å². The lowest BCUT2D eigenvalue weighted by Crippen LogP contribution is -2.43. The first-order chi connectivity index (χ1) is 11.8. The molecule has 0 saturated heterocycles. The van der Waals surface area contributed by atoms with Crippen LogP contribution in [-0.4, -0.2) is 44.7 Å². The molecule has 1 atom stereocenters. The molecule has 0 bridgehead atoms. The quantitative estimate of drug-likeness (QED) is 0.304. The normalized spacial score (nSPS) is 12.6. The van der Waals surface area contributed by atoms with Gasteiger partial charge in [0.1, 0.15) is 6.10 Å². The van der Waals surface area contributed by atoms with Crippen molar-refractivity contribution >= 4 is 35.8 Å². The van der Waals surface area contributed by atoms with Gasteiger partial charge in [0.15, 0.2) is 17.5 Å². The fraction of sp³-hybridized carbons (Fsp3) is 0.556. The van der Waals surface area contributed by atoms with Gasteiger partial charge in [-0.3, -0.25) is 9.79 Å². The van der Waals surface area contributed by atoms with Crippen molar-refractivity contribution < 1.29 is 13.9 Å². The lowest BCUT2D eigenvalue weighted by atomic mass is 9.93. The van der Waals surface area contributed by atoms with Crippen molar-refractivity contribution in [3.05, 3.63) is 30.1 Å². The number of carbonyl (C=O) groups excluding carboxylic acids is 1. The number of halogens is 2. The number of ether oxygens (including phenoxy) is 1. The number of guanidine groups is 1. The highest BCUT2D eigenvalue weighted by atomic mass is 127. The van der Waals surface area contributed by atoms with Gasteiger partial charge in [-0.2, -0.15) is 0 Å². The Hall–Kier alpha value is -1.58. The molecule has 0 aliphatic heterocycles. The van der Waals surface area contributed by atoms with Crippen molar-refractivity contribution in [2.45, 2.75) is 33.8 Å². The van der Waals surface area contributed by atoms with Gasteiger partial charge in [-0.25, -0.2) is 4.39 Å². The largest absolute Gasteiger partial charge is 0.486 e. The predicted octanol–water partition coefficient (Wildman–Crippen LogP) is 2.54. The summed E-state index contributed by atoms with van der Waals surface area (Å²) in [5.41, 5.74) is -0.605. The average molecular weight is 480 g/mol. The van der Waals surface area contributed by atoms with Crippen molar-refractivity contribution in [3.63, 3.8) is 0 Å². The standard InChI is InChI=1S/C18H29FN4O2.HI/c1-6-21-17(23-12-18(3,4)16(24)20-5)22-11-13(2)25-15-10-8-7-9-14(15)19;/h7-10,13H,6,11-12H2,1-5H3,(H,20,24)(H2,21,22,23);1H. The minimum Gasteiger partial charge on any atom is -0.486 e. The fourth-order valence-corrected chi connectivity index (χ4v) is 2.07. The molecular weight excluding hydrogens is 450 g/mol. The van der Waals surface area contributed by atoms with Crippen LogP contribution >= 0.6 is 24.0 Å². The number of hydrogen-bond acceptors (Lipinski definition) is 3. The van der Waals surface area contributed by atoms with Crippen LogP contribution in [0.4, 0.5) is 4.39 Å².